The number of fused-ring (bicyclic) bond motifs is 1. The summed E-state index contributed by atoms with van der Waals surface area (Å²) in [6.45, 7) is 0. The van der Waals surface area contributed by atoms with Crippen LogP contribution in [-0.2, 0) is 0 Å². The molecule has 0 unspecified atom stereocenters. The minimum atomic E-state index is 0.621. The summed E-state index contributed by atoms with van der Waals surface area (Å²) in [6, 6.07) is 55.8. The largest absolute Gasteiger partial charge is 0.436 e. The quantitative estimate of drug-likeness (QED) is 0.197. The Morgan fingerprint density at radius 1 is 0.333 bits per heavy atom. The zero-order valence-electron chi connectivity index (χ0n) is 24.3. The van der Waals surface area contributed by atoms with Crippen molar-refractivity contribution in [2.24, 2.45) is 0 Å². The molecule has 0 N–H and O–H groups in total. The zero-order valence-corrected chi connectivity index (χ0v) is 24.3. The van der Waals surface area contributed by atoms with Gasteiger partial charge in [0, 0.05) is 22.3 Å². The van der Waals surface area contributed by atoms with E-state index in [1.807, 2.05) is 60.7 Å². The molecule has 0 saturated heterocycles. The molecule has 0 aliphatic heterocycles. The Balaban J connectivity index is 1.18. The van der Waals surface area contributed by atoms with E-state index in [9.17, 15) is 0 Å². The second-order valence-electron chi connectivity index (χ2n) is 10.9. The summed E-state index contributed by atoms with van der Waals surface area (Å²) in [6.07, 6.45) is 0. The average molecular weight is 578 g/mol. The van der Waals surface area contributed by atoms with E-state index in [1.54, 1.807) is 0 Å². The molecule has 2 aromatic heterocycles. The first-order valence-electron chi connectivity index (χ1n) is 14.9. The molecule has 0 amide bonds. The number of hydrogen-bond acceptors (Lipinski definition) is 4. The molecular weight excluding hydrogens is 550 g/mol. The lowest BCUT2D eigenvalue weighted by Crippen LogP contribution is -1.96. The lowest BCUT2D eigenvalue weighted by Gasteiger charge is -2.11. The van der Waals surface area contributed by atoms with Gasteiger partial charge < -0.3 is 4.42 Å². The lowest BCUT2D eigenvalue weighted by atomic mass is 10.00. The molecule has 0 radical (unpaired) electrons. The van der Waals surface area contributed by atoms with Crippen LogP contribution < -0.4 is 0 Å². The third-order valence-corrected chi connectivity index (χ3v) is 7.95. The summed E-state index contributed by atoms with van der Waals surface area (Å²) in [5, 5.41) is 0. The molecule has 0 bridgehead atoms. The molecule has 0 aliphatic carbocycles. The molecule has 4 nitrogen and oxygen atoms in total. The molecule has 4 heteroatoms. The lowest BCUT2D eigenvalue weighted by molar-refractivity contribution is 0.620. The topological polar surface area (TPSA) is 51.8 Å². The second-order valence-corrected chi connectivity index (χ2v) is 10.9. The van der Waals surface area contributed by atoms with E-state index in [2.05, 4.69) is 103 Å². The molecule has 8 aromatic rings. The Hall–Kier alpha value is -6.13. The van der Waals surface area contributed by atoms with Crippen LogP contribution in [0.25, 0.3) is 78.7 Å². The van der Waals surface area contributed by atoms with Gasteiger partial charge in [0.25, 0.3) is 0 Å². The molecule has 212 valence electrons. The van der Waals surface area contributed by atoms with Gasteiger partial charge in [-0.05, 0) is 58.7 Å². The fourth-order valence-corrected chi connectivity index (χ4v) is 5.59. The smallest absolute Gasteiger partial charge is 0.227 e. The van der Waals surface area contributed by atoms with E-state index in [0.29, 0.717) is 11.7 Å². The predicted molar refractivity (Wildman–Crippen MR) is 182 cm³/mol. The first kappa shape index (κ1) is 26.5. The van der Waals surface area contributed by atoms with Crippen molar-refractivity contribution < 1.29 is 4.42 Å². The summed E-state index contributed by atoms with van der Waals surface area (Å²) < 4.78 is 6.17. The van der Waals surface area contributed by atoms with Gasteiger partial charge in [-0.1, -0.05) is 127 Å². The van der Waals surface area contributed by atoms with Crippen LogP contribution in [0.3, 0.4) is 0 Å². The van der Waals surface area contributed by atoms with E-state index in [0.717, 1.165) is 61.4 Å². The van der Waals surface area contributed by atoms with Crippen molar-refractivity contribution in [3.63, 3.8) is 0 Å². The van der Waals surface area contributed by atoms with E-state index in [-0.39, 0.29) is 0 Å². The second kappa shape index (κ2) is 11.5. The third-order valence-electron chi connectivity index (χ3n) is 7.95. The van der Waals surface area contributed by atoms with Gasteiger partial charge in [-0.3, -0.25) is 0 Å². The maximum absolute atomic E-state index is 6.17. The molecule has 0 aliphatic rings. The van der Waals surface area contributed by atoms with Crippen molar-refractivity contribution >= 4 is 11.1 Å². The van der Waals surface area contributed by atoms with E-state index in [4.69, 9.17) is 19.4 Å². The molecule has 8 rings (SSSR count). The van der Waals surface area contributed by atoms with Crippen LogP contribution in [0.15, 0.2) is 168 Å². The van der Waals surface area contributed by atoms with Gasteiger partial charge in [0.15, 0.2) is 11.4 Å². The van der Waals surface area contributed by atoms with Gasteiger partial charge in [-0.25, -0.2) is 15.0 Å². The van der Waals surface area contributed by atoms with Crippen molar-refractivity contribution in [1.82, 2.24) is 15.0 Å². The molecule has 2 heterocycles. The van der Waals surface area contributed by atoms with Crippen molar-refractivity contribution in [3.8, 4) is 67.6 Å². The van der Waals surface area contributed by atoms with Gasteiger partial charge in [0.05, 0.1) is 11.4 Å². The van der Waals surface area contributed by atoms with Crippen LogP contribution in [0.1, 0.15) is 0 Å². The van der Waals surface area contributed by atoms with Crippen LogP contribution in [0.5, 0.6) is 0 Å². The zero-order chi connectivity index (χ0) is 30.0. The third kappa shape index (κ3) is 5.41. The Morgan fingerprint density at radius 2 is 0.844 bits per heavy atom. The van der Waals surface area contributed by atoms with Crippen molar-refractivity contribution in [2.45, 2.75) is 0 Å². The van der Waals surface area contributed by atoms with Gasteiger partial charge >= 0.3 is 0 Å². The van der Waals surface area contributed by atoms with Crippen LogP contribution in [0.4, 0.5) is 0 Å². The van der Waals surface area contributed by atoms with E-state index in [1.165, 1.54) is 5.56 Å². The number of hydrogen-bond donors (Lipinski definition) is 0. The van der Waals surface area contributed by atoms with Gasteiger partial charge in [0.1, 0.15) is 5.52 Å². The van der Waals surface area contributed by atoms with Crippen LogP contribution in [-0.4, -0.2) is 15.0 Å². The van der Waals surface area contributed by atoms with Crippen molar-refractivity contribution in [3.05, 3.63) is 164 Å². The summed E-state index contributed by atoms with van der Waals surface area (Å²) in [5.74, 6) is 1.31. The van der Waals surface area contributed by atoms with Crippen LogP contribution in [0, 0.1) is 0 Å². The minimum absolute atomic E-state index is 0.621. The summed E-state index contributed by atoms with van der Waals surface area (Å²) in [7, 11) is 0. The highest BCUT2D eigenvalue weighted by Crippen LogP contribution is 2.33. The maximum atomic E-state index is 6.17. The first-order valence-corrected chi connectivity index (χ1v) is 14.9. The van der Waals surface area contributed by atoms with Crippen molar-refractivity contribution in [2.75, 3.05) is 0 Å². The minimum Gasteiger partial charge on any atom is -0.436 e. The number of nitrogens with zero attached hydrogens (tertiary/aromatic N) is 3. The highest BCUT2D eigenvalue weighted by molar-refractivity contribution is 5.84. The number of rotatable bonds is 6. The highest BCUT2D eigenvalue weighted by atomic mass is 16.3. The number of aromatic nitrogens is 3. The van der Waals surface area contributed by atoms with Crippen LogP contribution >= 0.6 is 0 Å². The van der Waals surface area contributed by atoms with Gasteiger partial charge in [0.2, 0.25) is 5.89 Å². The van der Waals surface area contributed by atoms with Crippen molar-refractivity contribution in [1.29, 1.82) is 0 Å². The molecule has 0 atom stereocenters. The summed E-state index contributed by atoms with van der Waals surface area (Å²) in [5.41, 5.74) is 11.8. The monoisotopic (exact) mass is 577 g/mol. The molecule has 0 fully saturated rings. The highest BCUT2D eigenvalue weighted by Gasteiger charge is 2.13. The Morgan fingerprint density at radius 3 is 1.56 bits per heavy atom. The molecule has 6 aromatic carbocycles. The molecule has 0 saturated carbocycles. The maximum Gasteiger partial charge on any atom is 0.227 e. The standard InChI is InChI=1S/C41H27N3O/c1-4-11-28(12-5-1)29-19-21-31(22-20-29)40-42-37(30-13-6-2-7-14-30)27-38(43-40)35-18-10-17-33(25-35)34-23-24-36-39(26-34)45-41(44-36)32-15-8-3-9-16-32/h1-27H. The summed E-state index contributed by atoms with van der Waals surface area (Å²) >= 11 is 0. The SMILES string of the molecule is c1ccc(-c2ccc(-c3nc(-c4ccccc4)cc(-c4cccc(-c5ccc6nc(-c7ccccc7)oc6c5)c4)n3)cc2)cc1. The Kier molecular flexibility index (Phi) is 6.78. The predicted octanol–water partition coefficient (Wildman–Crippen LogP) is 10.6. The van der Waals surface area contributed by atoms with Gasteiger partial charge in [-0.15, -0.1) is 0 Å². The number of benzene rings is 6. The first-order chi connectivity index (χ1) is 22.3. The van der Waals surface area contributed by atoms with E-state index < -0.39 is 0 Å². The van der Waals surface area contributed by atoms with E-state index >= 15 is 0 Å². The molecule has 45 heavy (non-hydrogen) atoms. The fourth-order valence-electron chi connectivity index (χ4n) is 5.59. The Bertz CT molecular complexity index is 2240. The molecule has 0 spiro atoms. The average Bonchev–Trinajstić information content (AvgIpc) is 3.57. The summed E-state index contributed by atoms with van der Waals surface area (Å²) in [4.78, 5) is 14.8. The number of oxazole rings is 1. The van der Waals surface area contributed by atoms with Gasteiger partial charge in [-0.2, -0.15) is 0 Å². The normalized spacial score (nSPS) is 11.1. The Labute approximate surface area is 261 Å². The van der Waals surface area contributed by atoms with Crippen LogP contribution in [0.2, 0.25) is 0 Å². The fraction of sp³-hybridized carbons (Fsp3) is 0. The molecular formula is C41H27N3O.